The van der Waals surface area contributed by atoms with Crippen molar-refractivity contribution in [2.24, 2.45) is 5.92 Å². The van der Waals surface area contributed by atoms with E-state index in [1.165, 1.54) is 18.2 Å². The van der Waals surface area contributed by atoms with Crippen molar-refractivity contribution < 1.29 is 22.4 Å². The molecule has 3 atom stereocenters. The number of hydrogen-bond acceptors (Lipinski definition) is 3. The zero-order valence-electron chi connectivity index (χ0n) is 14.5. The van der Waals surface area contributed by atoms with Crippen LogP contribution in [0.5, 0.6) is 0 Å². The van der Waals surface area contributed by atoms with Crippen LogP contribution in [0.1, 0.15) is 35.7 Å². The first-order valence-corrected chi connectivity index (χ1v) is 8.47. The lowest BCUT2D eigenvalue weighted by molar-refractivity contribution is -0.137. The molecule has 27 heavy (non-hydrogen) atoms. The fourth-order valence-corrected chi connectivity index (χ4v) is 3.12. The molecule has 4 nitrogen and oxygen atoms in total. The molecule has 1 amide bonds. The molecule has 2 aromatic carbocycles. The third kappa shape index (κ3) is 4.45. The van der Waals surface area contributed by atoms with Crippen LogP contribution in [0.3, 0.4) is 0 Å². The third-order valence-corrected chi connectivity index (χ3v) is 4.62. The van der Waals surface area contributed by atoms with Crippen molar-refractivity contribution in [2.75, 3.05) is 6.54 Å². The Labute approximate surface area is 153 Å². The van der Waals surface area contributed by atoms with Gasteiger partial charge < -0.3 is 5.32 Å². The van der Waals surface area contributed by atoms with Gasteiger partial charge in [-0.3, -0.25) is 10.2 Å². The van der Waals surface area contributed by atoms with E-state index in [1.807, 2.05) is 0 Å². The Morgan fingerprint density at radius 1 is 1.19 bits per heavy atom. The second-order valence-corrected chi connectivity index (χ2v) is 6.51. The molecule has 3 unspecified atom stereocenters. The zero-order chi connectivity index (χ0) is 19.6. The molecule has 0 aromatic heterocycles. The average Bonchev–Trinajstić information content (AvgIpc) is 3.11. The van der Waals surface area contributed by atoms with Gasteiger partial charge in [-0.2, -0.15) is 13.2 Å². The molecule has 3 N–H and O–H groups in total. The number of halogens is 4. The number of benzene rings is 2. The van der Waals surface area contributed by atoms with Crippen molar-refractivity contribution in [1.29, 1.82) is 0 Å². The minimum atomic E-state index is -4.44. The van der Waals surface area contributed by atoms with Crippen LogP contribution in [0.15, 0.2) is 48.5 Å². The predicted molar refractivity (Wildman–Crippen MR) is 91.8 cm³/mol. The molecule has 0 radical (unpaired) electrons. The van der Waals surface area contributed by atoms with Crippen molar-refractivity contribution in [3.63, 3.8) is 0 Å². The fourth-order valence-electron chi connectivity index (χ4n) is 3.12. The summed E-state index contributed by atoms with van der Waals surface area (Å²) in [5.41, 5.74) is 6.25. The Morgan fingerprint density at radius 2 is 1.89 bits per heavy atom. The zero-order valence-corrected chi connectivity index (χ0v) is 14.5. The molecule has 1 aliphatic heterocycles. The highest BCUT2D eigenvalue weighted by atomic mass is 19.4. The summed E-state index contributed by atoms with van der Waals surface area (Å²) in [7, 11) is 0. The van der Waals surface area contributed by atoms with E-state index in [4.69, 9.17) is 0 Å². The van der Waals surface area contributed by atoms with E-state index in [0.717, 1.165) is 17.7 Å². The van der Waals surface area contributed by atoms with Gasteiger partial charge in [0.2, 0.25) is 5.91 Å². The largest absolute Gasteiger partial charge is 0.416 e. The summed E-state index contributed by atoms with van der Waals surface area (Å²) < 4.78 is 51.7. The molecule has 1 aliphatic rings. The van der Waals surface area contributed by atoms with E-state index in [-0.39, 0.29) is 17.8 Å². The predicted octanol–water partition coefficient (Wildman–Crippen LogP) is 3.49. The van der Waals surface area contributed by atoms with Gasteiger partial charge in [0.15, 0.2) is 0 Å². The average molecular weight is 381 g/mol. The van der Waals surface area contributed by atoms with Crippen LogP contribution in [-0.2, 0) is 11.0 Å². The minimum absolute atomic E-state index is 0.299. The lowest BCUT2D eigenvalue weighted by Gasteiger charge is -2.22. The van der Waals surface area contributed by atoms with Gasteiger partial charge in [0.1, 0.15) is 5.82 Å². The van der Waals surface area contributed by atoms with Gasteiger partial charge >= 0.3 is 6.18 Å². The molecule has 0 saturated carbocycles. The normalized spacial score (nSPS) is 21.1. The first-order valence-electron chi connectivity index (χ1n) is 8.47. The van der Waals surface area contributed by atoms with E-state index in [0.29, 0.717) is 12.1 Å². The standard InChI is InChI=1S/C19H19F4N3O/c1-11(13-3-2-4-14(9-13)19(21,22)23)25-18(27)16-10-24-26-17(16)12-5-7-15(20)8-6-12/h2-9,11,16-17,24,26H,10H2,1H3,(H,25,27). The minimum Gasteiger partial charge on any atom is -0.349 e. The lowest BCUT2D eigenvalue weighted by atomic mass is 9.93. The van der Waals surface area contributed by atoms with Gasteiger partial charge in [0.25, 0.3) is 0 Å². The Kier molecular flexibility index (Phi) is 5.48. The van der Waals surface area contributed by atoms with Crippen LogP contribution in [-0.4, -0.2) is 12.5 Å². The highest BCUT2D eigenvalue weighted by molar-refractivity contribution is 5.80. The monoisotopic (exact) mass is 381 g/mol. The van der Waals surface area contributed by atoms with Gasteiger partial charge in [-0.15, -0.1) is 0 Å². The number of nitrogens with one attached hydrogen (secondary N) is 3. The van der Waals surface area contributed by atoms with E-state index in [2.05, 4.69) is 16.2 Å². The van der Waals surface area contributed by atoms with Gasteiger partial charge in [-0.05, 0) is 42.3 Å². The molecule has 0 aliphatic carbocycles. The second-order valence-electron chi connectivity index (χ2n) is 6.51. The molecule has 0 bridgehead atoms. The molecular weight excluding hydrogens is 362 g/mol. The first kappa shape index (κ1) is 19.3. The highest BCUT2D eigenvalue weighted by Crippen LogP contribution is 2.31. The molecule has 1 heterocycles. The Balaban J connectivity index is 1.71. The van der Waals surface area contributed by atoms with Crippen molar-refractivity contribution >= 4 is 5.91 Å². The van der Waals surface area contributed by atoms with Crippen LogP contribution >= 0.6 is 0 Å². The molecule has 8 heteroatoms. The lowest BCUT2D eigenvalue weighted by Crippen LogP contribution is -2.36. The number of alkyl halides is 3. The molecular formula is C19H19F4N3O. The molecule has 0 spiro atoms. The van der Waals surface area contributed by atoms with Crippen LogP contribution in [0, 0.1) is 11.7 Å². The van der Waals surface area contributed by atoms with Gasteiger partial charge in [-0.1, -0.05) is 24.3 Å². The summed E-state index contributed by atoms with van der Waals surface area (Å²) in [6, 6.07) is 9.76. The van der Waals surface area contributed by atoms with Crippen molar-refractivity contribution in [3.8, 4) is 0 Å². The smallest absolute Gasteiger partial charge is 0.349 e. The Bertz CT molecular complexity index is 807. The third-order valence-electron chi connectivity index (χ3n) is 4.62. The van der Waals surface area contributed by atoms with Crippen LogP contribution in [0.2, 0.25) is 0 Å². The topological polar surface area (TPSA) is 53.2 Å². The SMILES string of the molecule is CC(NC(=O)C1CNNC1c1ccc(F)cc1)c1cccc(C(F)(F)F)c1. The number of amides is 1. The summed E-state index contributed by atoms with van der Waals surface area (Å²) >= 11 is 0. The summed E-state index contributed by atoms with van der Waals surface area (Å²) in [4.78, 5) is 12.7. The number of carbonyl (C=O) groups excluding carboxylic acids is 1. The molecule has 1 fully saturated rings. The van der Waals surface area contributed by atoms with Gasteiger partial charge in [-0.25, -0.2) is 9.82 Å². The highest BCUT2D eigenvalue weighted by Gasteiger charge is 2.35. The van der Waals surface area contributed by atoms with Crippen molar-refractivity contribution in [2.45, 2.75) is 25.2 Å². The number of hydrazine groups is 1. The molecule has 2 aromatic rings. The van der Waals surface area contributed by atoms with Crippen molar-refractivity contribution in [1.82, 2.24) is 16.2 Å². The first-order chi connectivity index (χ1) is 12.8. The van der Waals surface area contributed by atoms with E-state index in [9.17, 15) is 22.4 Å². The van der Waals surface area contributed by atoms with Gasteiger partial charge in [0.05, 0.1) is 23.6 Å². The summed E-state index contributed by atoms with van der Waals surface area (Å²) in [5, 5.41) is 2.77. The fraction of sp³-hybridized carbons (Fsp3) is 0.316. The molecule has 3 rings (SSSR count). The second kappa shape index (κ2) is 7.66. The van der Waals surface area contributed by atoms with E-state index < -0.39 is 23.7 Å². The maximum atomic E-state index is 13.1. The van der Waals surface area contributed by atoms with Crippen molar-refractivity contribution in [3.05, 3.63) is 71.0 Å². The quantitative estimate of drug-likeness (QED) is 0.711. The maximum Gasteiger partial charge on any atom is 0.416 e. The molecule has 144 valence electrons. The number of rotatable bonds is 4. The van der Waals surface area contributed by atoms with Gasteiger partial charge in [0, 0.05) is 6.54 Å². The van der Waals surface area contributed by atoms with Crippen LogP contribution in [0.25, 0.3) is 0 Å². The van der Waals surface area contributed by atoms with E-state index in [1.54, 1.807) is 25.1 Å². The number of hydrogen-bond donors (Lipinski definition) is 3. The Hall–Kier alpha value is -2.45. The summed E-state index contributed by atoms with van der Waals surface area (Å²) in [6.07, 6.45) is -4.44. The summed E-state index contributed by atoms with van der Waals surface area (Å²) in [6.45, 7) is 1.99. The summed E-state index contributed by atoms with van der Waals surface area (Å²) in [5.74, 6) is -1.15. The van der Waals surface area contributed by atoms with Crippen LogP contribution < -0.4 is 16.2 Å². The Morgan fingerprint density at radius 3 is 2.56 bits per heavy atom. The van der Waals surface area contributed by atoms with E-state index >= 15 is 0 Å². The number of carbonyl (C=O) groups is 1. The molecule has 1 saturated heterocycles. The maximum absolute atomic E-state index is 13.1. The van der Waals surface area contributed by atoms with Crippen LogP contribution in [0.4, 0.5) is 17.6 Å².